The Morgan fingerprint density at radius 1 is 1.26 bits per heavy atom. The van der Waals surface area contributed by atoms with Crippen LogP contribution in [-0.4, -0.2) is 19.5 Å². The molecule has 2 aromatic carbocycles. The van der Waals surface area contributed by atoms with Crippen LogP contribution in [0.1, 0.15) is 22.8 Å². The minimum absolute atomic E-state index is 0.227. The Morgan fingerprint density at radius 3 is 2.57 bits per heavy atom. The highest BCUT2D eigenvalue weighted by molar-refractivity contribution is 6.32. The summed E-state index contributed by atoms with van der Waals surface area (Å²) < 4.78 is 23.6. The number of rotatable bonds is 6. The van der Waals surface area contributed by atoms with Gasteiger partial charge < -0.3 is 9.47 Å². The van der Waals surface area contributed by atoms with E-state index in [0.717, 1.165) is 0 Å². The second-order valence-electron chi connectivity index (χ2n) is 4.67. The van der Waals surface area contributed by atoms with Gasteiger partial charge in [0.25, 0.3) is 0 Å². The summed E-state index contributed by atoms with van der Waals surface area (Å²) in [5.74, 6) is 0.357. The van der Waals surface area contributed by atoms with Crippen LogP contribution in [0.3, 0.4) is 0 Å². The normalized spacial score (nSPS) is 10.8. The van der Waals surface area contributed by atoms with E-state index in [1.54, 1.807) is 18.2 Å². The molecule has 0 spiro atoms. The molecule has 0 N–H and O–H groups in total. The molecule has 0 radical (unpaired) electrons. The number of ether oxygens (including phenoxy) is 2. The number of hydrogen-bond acceptors (Lipinski definition) is 3. The zero-order valence-electron chi connectivity index (χ0n) is 12.8. The fraction of sp³-hybridized carbons (Fsp3) is 0.167. The van der Waals surface area contributed by atoms with Crippen molar-refractivity contribution >= 4 is 23.5 Å². The maximum absolute atomic E-state index is 12.9. The highest BCUT2D eigenvalue weighted by Crippen LogP contribution is 2.36. The first kappa shape index (κ1) is 17.0. The monoisotopic (exact) mass is 334 g/mol. The van der Waals surface area contributed by atoms with Crippen LogP contribution in [0.4, 0.5) is 4.39 Å². The van der Waals surface area contributed by atoms with Crippen LogP contribution in [0.25, 0.3) is 6.08 Å². The molecule has 2 rings (SSSR count). The van der Waals surface area contributed by atoms with Gasteiger partial charge in [0.05, 0.1) is 18.7 Å². The van der Waals surface area contributed by atoms with E-state index in [0.29, 0.717) is 34.3 Å². The summed E-state index contributed by atoms with van der Waals surface area (Å²) in [6.45, 7) is 2.32. The Kier molecular flexibility index (Phi) is 5.77. The van der Waals surface area contributed by atoms with Crippen molar-refractivity contribution in [1.82, 2.24) is 0 Å². The summed E-state index contributed by atoms with van der Waals surface area (Å²) in [6.07, 6.45) is 3.03. The topological polar surface area (TPSA) is 35.5 Å². The van der Waals surface area contributed by atoms with Crippen molar-refractivity contribution in [2.75, 3.05) is 13.7 Å². The maximum Gasteiger partial charge on any atom is 0.185 e. The third kappa shape index (κ3) is 4.33. The highest BCUT2D eigenvalue weighted by Gasteiger charge is 2.10. The van der Waals surface area contributed by atoms with Gasteiger partial charge >= 0.3 is 0 Å². The summed E-state index contributed by atoms with van der Waals surface area (Å²) >= 11 is 6.15. The Morgan fingerprint density at radius 2 is 1.96 bits per heavy atom. The lowest BCUT2D eigenvalue weighted by molar-refractivity contribution is 0.104. The lowest BCUT2D eigenvalue weighted by Crippen LogP contribution is -1.97. The van der Waals surface area contributed by atoms with Gasteiger partial charge in [0.15, 0.2) is 17.3 Å². The predicted octanol–water partition coefficient (Wildman–Crippen LogP) is 4.78. The number of hydrogen-bond donors (Lipinski definition) is 0. The zero-order valence-corrected chi connectivity index (χ0v) is 13.6. The summed E-state index contributed by atoms with van der Waals surface area (Å²) in [5.41, 5.74) is 1.11. The maximum atomic E-state index is 12.9. The Balaban J connectivity index is 2.25. The fourth-order valence-electron chi connectivity index (χ4n) is 2.03. The van der Waals surface area contributed by atoms with Gasteiger partial charge in [-0.05, 0) is 55.0 Å². The van der Waals surface area contributed by atoms with Crippen molar-refractivity contribution in [2.45, 2.75) is 6.92 Å². The standard InChI is InChI=1S/C18H16ClFO3/c1-3-23-17-11-12(10-15(19)18(17)22-2)4-9-16(21)13-5-7-14(20)8-6-13/h4-11H,3H2,1-2H3/b9-4+. The fourth-order valence-corrected chi connectivity index (χ4v) is 2.32. The van der Waals surface area contributed by atoms with E-state index >= 15 is 0 Å². The molecule has 3 nitrogen and oxygen atoms in total. The van der Waals surface area contributed by atoms with E-state index in [2.05, 4.69) is 0 Å². The minimum Gasteiger partial charge on any atom is -0.491 e. The zero-order chi connectivity index (χ0) is 16.8. The predicted molar refractivity (Wildman–Crippen MR) is 88.9 cm³/mol. The lowest BCUT2D eigenvalue weighted by Gasteiger charge is -2.11. The summed E-state index contributed by atoms with van der Waals surface area (Å²) in [7, 11) is 1.51. The molecule has 0 atom stereocenters. The highest BCUT2D eigenvalue weighted by atomic mass is 35.5. The van der Waals surface area contributed by atoms with E-state index in [-0.39, 0.29) is 11.6 Å². The molecule has 23 heavy (non-hydrogen) atoms. The van der Waals surface area contributed by atoms with Gasteiger partial charge in [-0.15, -0.1) is 0 Å². The molecule has 120 valence electrons. The van der Waals surface area contributed by atoms with E-state index < -0.39 is 0 Å². The SMILES string of the molecule is CCOc1cc(/C=C/C(=O)c2ccc(F)cc2)cc(Cl)c1OC. The van der Waals surface area contributed by atoms with Crippen LogP contribution in [0, 0.1) is 5.82 Å². The molecule has 0 saturated heterocycles. The molecule has 5 heteroatoms. The average Bonchev–Trinajstić information content (AvgIpc) is 2.53. The van der Waals surface area contributed by atoms with E-state index in [1.165, 1.54) is 37.5 Å². The largest absolute Gasteiger partial charge is 0.491 e. The Hall–Kier alpha value is -2.33. The van der Waals surface area contributed by atoms with Gasteiger partial charge in [-0.3, -0.25) is 4.79 Å². The molecule has 0 aliphatic rings. The molecule has 0 bridgehead atoms. The smallest absolute Gasteiger partial charge is 0.185 e. The average molecular weight is 335 g/mol. The summed E-state index contributed by atoms with van der Waals surface area (Å²) in [5, 5.41) is 0.396. The van der Waals surface area contributed by atoms with Crippen molar-refractivity contribution in [1.29, 1.82) is 0 Å². The molecule has 0 unspecified atom stereocenters. The second kappa shape index (κ2) is 7.79. The third-order valence-corrected chi connectivity index (χ3v) is 3.37. The molecule has 0 aliphatic carbocycles. The van der Waals surface area contributed by atoms with Gasteiger partial charge in [-0.25, -0.2) is 4.39 Å². The molecule has 0 saturated carbocycles. The Labute approximate surface area is 139 Å². The van der Waals surface area contributed by atoms with Crippen LogP contribution in [0.15, 0.2) is 42.5 Å². The van der Waals surface area contributed by atoms with Crippen LogP contribution < -0.4 is 9.47 Å². The molecule has 0 fully saturated rings. The Bertz CT molecular complexity index is 724. The first-order valence-corrected chi connectivity index (χ1v) is 7.41. The van der Waals surface area contributed by atoms with Gasteiger partial charge in [0, 0.05) is 5.56 Å². The number of carbonyl (C=O) groups excluding carboxylic acids is 1. The van der Waals surface area contributed by atoms with Crippen molar-refractivity contribution in [3.8, 4) is 11.5 Å². The van der Waals surface area contributed by atoms with E-state index in [1.807, 2.05) is 6.92 Å². The number of halogens is 2. The van der Waals surface area contributed by atoms with Gasteiger partial charge in [-0.1, -0.05) is 17.7 Å². The number of allylic oxidation sites excluding steroid dienone is 1. The van der Waals surface area contributed by atoms with Crippen molar-refractivity contribution < 1.29 is 18.7 Å². The molecule has 0 aliphatic heterocycles. The molecule has 0 aromatic heterocycles. The number of benzene rings is 2. The lowest BCUT2D eigenvalue weighted by atomic mass is 10.1. The first-order valence-electron chi connectivity index (χ1n) is 7.03. The van der Waals surface area contributed by atoms with Crippen LogP contribution >= 0.6 is 11.6 Å². The quantitative estimate of drug-likeness (QED) is 0.563. The number of carbonyl (C=O) groups is 1. The van der Waals surface area contributed by atoms with Crippen molar-refractivity contribution in [3.05, 3.63) is 64.4 Å². The van der Waals surface area contributed by atoms with E-state index in [4.69, 9.17) is 21.1 Å². The second-order valence-corrected chi connectivity index (χ2v) is 5.08. The van der Waals surface area contributed by atoms with Gasteiger partial charge in [0.2, 0.25) is 0 Å². The summed E-state index contributed by atoms with van der Waals surface area (Å²) in [4.78, 5) is 12.0. The molecule has 2 aromatic rings. The van der Waals surface area contributed by atoms with Crippen LogP contribution in [0.2, 0.25) is 5.02 Å². The molecular weight excluding hydrogens is 319 g/mol. The number of methoxy groups -OCH3 is 1. The van der Waals surface area contributed by atoms with Crippen molar-refractivity contribution in [2.24, 2.45) is 0 Å². The van der Waals surface area contributed by atoms with Gasteiger partial charge in [-0.2, -0.15) is 0 Å². The van der Waals surface area contributed by atoms with Crippen molar-refractivity contribution in [3.63, 3.8) is 0 Å². The van der Waals surface area contributed by atoms with E-state index in [9.17, 15) is 9.18 Å². The molecule has 0 heterocycles. The first-order chi connectivity index (χ1) is 11.0. The van der Waals surface area contributed by atoms with Crippen LogP contribution in [0.5, 0.6) is 11.5 Å². The molecular formula is C18H16ClFO3. The number of ketones is 1. The third-order valence-electron chi connectivity index (χ3n) is 3.09. The molecule has 0 amide bonds. The van der Waals surface area contributed by atoms with Crippen LogP contribution in [-0.2, 0) is 0 Å². The summed E-state index contributed by atoms with van der Waals surface area (Å²) in [6, 6.07) is 8.79. The minimum atomic E-state index is -0.381. The van der Waals surface area contributed by atoms with Gasteiger partial charge in [0.1, 0.15) is 5.82 Å².